The number of fused-ring (bicyclic) bond motifs is 1. The summed E-state index contributed by atoms with van der Waals surface area (Å²) in [5.41, 5.74) is -0.759. The average molecular weight is 390 g/mol. The van der Waals surface area contributed by atoms with E-state index in [1.165, 1.54) is 24.9 Å². The Kier molecular flexibility index (Phi) is 6.17. The number of thioether (sulfide) groups is 1. The number of hydrogen-bond acceptors (Lipinski definition) is 5. The van der Waals surface area contributed by atoms with Gasteiger partial charge in [0.05, 0.1) is 35.7 Å². The fraction of sp³-hybridized carbons (Fsp3) is 0.438. The molecule has 1 aromatic rings. The van der Waals surface area contributed by atoms with E-state index < -0.39 is 34.8 Å². The van der Waals surface area contributed by atoms with Gasteiger partial charge in [-0.25, -0.2) is 0 Å². The Morgan fingerprint density at radius 2 is 2.08 bits per heavy atom. The monoisotopic (exact) mass is 390 g/mol. The van der Waals surface area contributed by atoms with E-state index in [2.05, 4.69) is 10.1 Å². The molecule has 26 heavy (non-hydrogen) atoms. The molecule has 2 amide bonds. The summed E-state index contributed by atoms with van der Waals surface area (Å²) in [6.07, 6.45) is -4.42. The molecule has 6 nitrogen and oxygen atoms in total. The van der Waals surface area contributed by atoms with Gasteiger partial charge in [0.1, 0.15) is 6.54 Å². The van der Waals surface area contributed by atoms with E-state index in [-0.39, 0.29) is 24.3 Å². The number of methoxy groups -OCH3 is 1. The molecule has 1 aromatic carbocycles. The number of esters is 1. The van der Waals surface area contributed by atoms with Crippen molar-refractivity contribution in [2.45, 2.75) is 24.8 Å². The fourth-order valence-electron chi connectivity index (χ4n) is 2.37. The lowest BCUT2D eigenvalue weighted by molar-refractivity contribution is -0.140. The maximum atomic E-state index is 12.8. The highest BCUT2D eigenvalue weighted by molar-refractivity contribution is 8.00. The molecule has 0 aromatic heterocycles. The Morgan fingerprint density at radius 1 is 1.38 bits per heavy atom. The van der Waals surface area contributed by atoms with Crippen LogP contribution in [0.3, 0.4) is 0 Å². The zero-order valence-corrected chi connectivity index (χ0v) is 14.9. The summed E-state index contributed by atoms with van der Waals surface area (Å²) in [5, 5.41) is 1.78. The lowest BCUT2D eigenvalue weighted by Crippen LogP contribution is -2.45. The molecule has 1 aliphatic heterocycles. The summed E-state index contributed by atoms with van der Waals surface area (Å²) < 4.78 is 43.0. The van der Waals surface area contributed by atoms with Crippen LogP contribution in [0.5, 0.6) is 0 Å². The molecule has 1 atom stereocenters. The minimum atomic E-state index is -4.55. The number of benzene rings is 1. The fourth-order valence-corrected chi connectivity index (χ4v) is 3.28. The minimum absolute atomic E-state index is 0.0591. The van der Waals surface area contributed by atoms with Crippen molar-refractivity contribution in [1.29, 1.82) is 0 Å². The van der Waals surface area contributed by atoms with Gasteiger partial charge in [0, 0.05) is 5.75 Å². The first-order valence-corrected chi connectivity index (χ1v) is 8.69. The van der Waals surface area contributed by atoms with Crippen molar-refractivity contribution in [2.24, 2.45) is 0 Å². The number of carbonyl (C=O) groups excluding carboxylic acids is 3. The first-order chi connectivity index (χ1) is 12.1. The minimum Gasteiger partial charge on any atom is -0.469 e. The molecule has 1 N–H and O–H groups in total. The zero-order valence-electron chi connectivity index (χ0n) is 14.1. The summed E-state index contributed by atoms with van der Waals surface area (Å²) >= 11 is 1.20. The summed E-state index contributed by atoms with van der Waals surface area (Å²) in [5.74, 6) is -1.05. The molecule has 10 heteroatoms. The van der Waals surface area contributed by atoms with Crippen LogP contribution in [0.25, 0.3) is 0 Å². The number of halogens is 3. The molecule has 2 rings (SSSR count). The lowest BCUT2D eigenvalue weighted by atomic mass is 10.1. The third-order valence-electron chi connectivity index (χ3n) is 3.71. The lowest BCUT2D eigenvalue weighted by Gasteiger charge is -2.31. The predicted molar refractivity (Wildman–Crippen MR) is 91.0 cm³/mol. The van der Waals surface area contributed by atoms with Gasteiger partial charge < -0.3 is 10.1 Å². The number of nitrogens with zero attached hydrogens (tertiary/aromatic N) is 1. The van der Waals surface area contributed by atoms with E-state index in [0.717, 1.165) is 17.0 Å². The van der Waals surface area contributed by atoms with Crippen molar-refractivity contribution in [3.05, 3.63) is 23.8 Å². The Labute approximate surface area is 152 Å². The zero-order chi connectivity index (χ0) is 19.5. The van der Waals surface area contributed by atoms with E-state index in [1.54, 1.807) is 6.92 Å². The maximum Gasteiger partial charge on any atom is 0.416 e. The van der Waals surface area contributed by atoms with Gasteiger partial charge in [-0.2, -0.15) is 13.2 Å². The van der Waals surface area contributed by atoms with E-state index in [4.69, 9.17) is 0 Å². The molecule has 0 bridgehead atoms. The van der Waals surface area contributed by atoms with E-state index >= 15 is 0 Å². The molecule has 0 unspecified atom stereocenters. The first-order valence-electron chi connectivity index (χ1n) is 7.64. The smallest absolute Gasteiger partial charge is 0.416 e. The van der Waals surface area contributed by atoms with Gasteiger partial charge in [0.25, 0.3) is 0 Å². The Balaban J connectivity index is 2.16. The number of nitrogens with one attached hydrogen (secondary N) is 1. The van der Waals surface area contributed by atoms with Gasteiger partial charge in [-0.3, -0.25) is 19.3 Å². The number of hydrogen-bond donors (Lipinski definition) is 1. The van der Waals surface area contributed by atoms with Crippen molar-refractivity contribution in [3.8, 4) is 0 Å². The van der Waals surface area contributed by atoms with Crippen LogP contribution >= 0.6 is 11.8 Å². The highest BCUT2D eigenvalue weighted by atomic mass is 32.2. The number of rotatable bonds is 5. The molecule has 0 fully saturated rings. The van der Waals surface area contributed by atoms with Crippen LogP contribution in [0.4, 0.5) is 24.5 Å². The standard InChI is InChI=1S/C16H17F3N2O4S/c1-9(26-6-5-14(23)25-2)15(24)21-8-13(22)20-11-7-10(16(17,18)19)3-4-12(11)21/h3-4,7,9H,5-6,8H2,1-2H3,(H,20,22)/t9-/m0/s1. The van der Waals surface area contributed by atoms with Gasteiger partial charge in [-0.15, -0.1) is 11.8 Å². The number of alkyl halides is 3. The summed E-state index contributed by atoms with van der Waals surface area (Å²) in [7, 11) is 1.26. The van der Waals surface area contributed by atoms with E-state index in [1.807, 2.05) is 0 Å². The third kappa shape index (κ3) is 4.69. The molecule has 1 heterocycles. The highest BCUT2D eigenvalue weighted by Crippen LogP contribution is 2.37. The maximum absolute atomic E-state index is 12.8. The van der Waals surface area contributed by atoms with Crippen LogP contribution in [-0.4, -0.2) is 42.4 Å². The second-order valence-corrected chi connectivity index (χ2v) is 6.99. The molecule has 0 spiro atoms. The van der Waals surface area contributed by atoms with Gasteiger partial charge in [-0.1, -0.05) is 0 Å². The topological polar surface area (TPSA) is 75.7 Å². The molecule has 142 valence electrons. The summed E-state index contributed by atoms with van der Waals surface area (Å²) in [6.45, 7) is 1.33. The van der Waals surface area contributed by atoms with Crippen LogP contribution in [0.2, 0.25) is 0 Å². The summed E-state index contributed by atoms with van der Waals surface area (Å²) in [4.78, 5) is 36.7. The molecule has 0 radical (unpaired) electrons. The normalized spacial score (nSPS) is 15.1. The molecule has 0 saturated heterocycles. The predicted octanol–water partition coefficient (Wildman–Crippen LogP) is 2.68. The van der Waals surface area contributed by atoms with Crippen LogP contribution < -0.4 is 10.2 Å². The van der Waals surface area contributed by atoms with Crippen molar-refractivity contribution >= 4 is 40.9 Å². The molecule has 1 aliphatic rings. The molecule has 0 saturated carbocycles. The number of carbonyl (C=O) groups is 3. The molecular weight excluding hydrogens is 373 g/mol. The largest absolute Gasteiger partial charge is 0.469 e. The Morgan fingerprint density at radius 3 is 2.69 bits per heavy atom. The van der Waals surface area contributed by atoms with Crippen LogP contribution in [0, 0.1) is 0 Å². The Bertz CT molecular complexity index is 724. The molecule has 0 aliphatic carbocycles. The van der Waals surface area contributed by atoms with Gasteiger partial charge in [0.15, 0.2) is 0 Å². The van der Waals surface area contributed by atoms with Crippen LogP contribution in [-0.2, 0) is 25.3 Å². The SMILES string of the molecule is COC(=O)CCS[C@@H](C)C(=O)N1CC(=O)Nc2cc(C(F)(F)F)ccc21. The number of amides is 2. The van der Waals surface area contributed by atoms with Crippen molar-refractivity contribution in [3.63, 3.8) is 0 Å². The van der Waals surface area contributed by atoms with Crippen LogP contribution in [0.1, 0.15) is 18.9 Å². The molecular formula is C16H17F3N2O4S. The highest BCUT2D eigenvalue weighted by Gasteiger charge is 2.35. The van der Waals surface area contributed by atoms with E-state index in [0.29, 0.717) is 5.75 Å². The van der Waals surface area contributed by atoms with Crippen molar-refractivity contribution < 1.29 is 32.3 Å². The first kappa shape index (κ1) is 20.1. The quantitative estimate of drug-likeness (QED) is 0.783. The Hall–Kier alpha value is -2.23. The van der Waals surface area contributed by atoms with Crippen molar-refractivity contribution in [1.82, 2.24) is 0 Å². The second-order valence-electron chi connectivity index (χ2n) is 5.54. The average Bonchev–Trinajstić information content (AvgIpc) is 2.58. The van der Waals surface area contributed by atoms with Gasteiger partial charge in [-0.05, 0) is 25.1 Å². The van der Waals surface area contributed by atoms with E-state index in [9.17, 15) is 27.6 Å². The second kappa shape index (κ2) is 7.98. The number of ether oxygens (including phenoxy) is 1. The summed E-state index contributed by atoms with van der Waals surface area (Å²) in [6, 6.07) is 2.84. The van der Waals surface area contributed by atoms with Crippen molar-refractivity contribution in [2.75, 3.05) is 29.6 Å². The van der Waals surface area contributed by atoms with Gasteiger partial charge >= 0.3 is 12.1 Å². The van der Waals surface area contributed by atoms with Crippen LogP contribution in [0.15, 0.2) is 18.2 Å². The third-order valence-corrected chi connectivity index (χ3v) is 4.85. The number of anilines is 2. The van der Waals surface area contributed by atoms with Gasteiger partial charge in [0.2, 0.25) is 11.8 Å².